The smallest absolute Gasteiger partial charge is 0.309 e. The standard InChI is InChI=1S/C11H18O2/c1-3-13-11(12)8-10-7-5-4-6-9(10)2/h3-8H2,1-2H3. The number of rotatable bonds is 3. The largest absolute Gasteiger partial charge is 0.466 e. The zero-order valence-electron chi connectivity index (χ0n) is 8.56. The van der Waals surface area contributed by atoms with E-state index in [-0.39, 0.29) is 5.97 Å². The van der Waals surface area contributed by atoms with Gasteiger partial charge in [-0.15, -0.1) is 0 Å². The molecule has 2 nitrogen and oxygen atoms in total. The van der Waals surface area contributed by atoms with Crippen LogP contribution in [0, 0.1) is 0 Å². The van der Waals surface area contributed by atoms with Crippen molar-refractivity contribution >= 4 is 5.97 Å². The molecule has 0 aromatic carbocycles. The van der Waals surface area contributed by atoms with Crippen LogP contribution in [0.3, 0.4) is 0 Å². The first-order valence-corrected chi connectivity index (χ1v) is 5.07. The summed E-state index contributed by atoms with van der Waals surface area (Å²) in [4.78, 5) is 11.2. The van der Waals surface area contributed by atoms with E-state index in [0.29, 0.717) is 13.0 Å². The number of carbonyl (C=O) groups is 1. The van der Waals surface area contributed by atoms with Gasteiger partial charge in [0.2, 0.25) is 0 Å². The molecule has 0 saturated heterocycles. The van der Waals surface area contributed by atoms with Gasteiger partial charge >= 0.3 is 5.97 Å². The van der Waals surface area contributed by atoms with Gasteiger partial charge < -0.3 is 4.74 Å². The van der Waals surface area contributed by atoms with E-state index in [1.807, 2.05) is 6.92 Å². The molecule has 2 heteroatoms. The normalized spacial score (nSPS) is 17.4. The van der Waals surface area contributed by atoms with Crippen LogP contribution in [0.1, 0.15) is 46.0 Å². The predicted octanol–water partition coefficient (Wildman–Crippen LogP) is 2.83. The number of allylic oxidation sites excluding steroid dienone is 1. The Morgan fingerprint density at radius 2 is 2.08 bits per heavy atom. The highest BCUT2D eigenvalue weighted by Gasteiger charge is 2.13. The minimum absolute atomic E-state index is 0.0706. The molecule has 0 aromatic rings. The fourth-order valence-corrected chi connectivity index (χ4v) is 1.74. The predicted molar refractivity (Wildman–Crippen MR) is 52.4 cm³/mol. The van der Waals surface area contributed by atoms with Gasteiger partial charge in [-0.25, -0.2) is 0 Å². The first-order valence-electron chi connectivity index (χ1n) is 5.07. The van der Waals surface area contributed by atoms with Crippen molar-refractivity contribution in [1.82, 2.24) is 0 Å². The van der Waals surface area contributed by atoms with Crippen LogP contribution >= 0.6 is 0 Å². The Balaban J connectivity index is 2.46. The Hall–Kier alpha value is -0.790. The minimum atomic E-state index is -0.0706. The summed E-state index contributed by atoms with van der Waals surface area (Å²) in [5.74, 6) is -0.0706. The Labute approximate surface area is 80.0 Å². The van der Waals surface area contributed by atoms with Gasteiger partial charge in [0.1, 0.15) is 0 Å². The second-order valence-corrected chi connectivity index (χ2v) is 3.57. The molecule has 0 bridgehead atoms. The number of esters is 1. The van der Waals surface area contributed by atoms with Gasteiger partial charge in [0.25, 0.3) is 0 Å². The van der Waals surface area contributed by atoms with Crippen LogP contribution in [-0.4, -0.2) is 12.6 Å². The molecule has 0 heterocycles. The molecular weight excluding hydrogens is 164 g/mol. The van der Waals surface area contributed by atoms with E-state index in [1.165, 1.54) is 24.0 Å². The zero-order chi connectivity index (χ0) is 9.68. The van der Waals surface area contributed by atoms with Crippen LogP contribution in [0.5, 0.6) is 0 Å². The average Bonchev–Trinajstić information content (AvgIpc) is 2.09. The fourth-order valence-electron chi connectivity index (χ4n) is 1.74. The van der Waals surface area contributed by atoms with E-state index in [1.54, 1.807) is 0 Å². The molecule has 0 radical (unpaired) electrons. The SMILES string of the molecule is CCOC(=O)CC1=C(C)CCCC1. The number of carbonyl (C=O) groups excluding carboxylic acids is 1. The van der Waals surface area contributed by atoms with Crippen molar-refractivity contribution in [2.24, 2.45) is 0 Å². The van der Waals surface area contributed by atoms with Crippen molar-refractivity contribution in [2.45, 2.75) is 46.0 Å². The van der Waals surface area contributed by atoms with Crippen LogP contribution in [0.25, 0.3) is 0 Å². The summed E-state index contributed by atoms with van der Waals surface area (Å²) in [7, 11) is 0. The van der Waals surface area contributed by atoms with E-state index < -0.39 is 0 Å². The Morgan fingerprint density at radius 3 is 2.69 bits per heavy atom. The molecule has 0 saturated carbocycles. The molecule has 1 rings (SSSR count). The second kappa shape index (κ2) is 5.05. The first-order chi connectivity index (χ1) is 6.24. The summed E-state index contributed by atoms with van der Waals surface area (Å²) in [6, 6.07) is 0. The van der Waals surface area contributed by atoms with Crippen molar-refractivity contribution in [3.05, 3.63) is 11.1 Å². The lowest BCUT2D eigenvalue weighted by Gasteiger charge is -2.16. The monoisotopic (exact) mass is 182 g/mol. The lowest BCUT2D eigenvalue weighted by molar-refractivity contribution is -0.142. The molecular formula is C11H18O2. The van der Waals surface area contributed by atoms with E-state index >= 15 is 0 Å². The summed E-state index contributed by atoms with van der Waals surface area (Å²) in [5.41, 5.74) is 2.71. The van der Waals surface area contributed by atoms with Gasteiger partial charge in [-0.3, -0.25) is 4.79 Å². The molecule has 0 unspecified atom stereocenters. The molecule has 13 heavy (non-hydrogen) atoms. The van der Waals surface area contributed by atoms with Gasteiger partial charge in [-0.05, 0) is 39.5 Å². The van der Waals surface area contributed by atoms with Crippen molar-refractivity contribution in [3.63, 3.8) is 0 Å². The Bertz CT molecular complexity index is 216. The third-order valence-electron chi connectivity index (χ3n) is 2.55. The third-order valence-corrected chi connectivity index (χ3v) is 2.55. The van der Waals surface area contributed by atoms with E-state index in [4.69, 9.17) is 4.74 Å². The van der Waals surface area contributed by atoms with Crippen LogP contribution in [0.15, 0.2) is 11.1 Å². The molecule has 0 atom stereocenters. The topological polar surface area (TPSA) is 26.3 Å². The maximum atomic E-state index is 11.2. The second-order valence-electron chi connectivity index (χ2n) is 3.57. The molecule has 0 aromatic heterocycles. The Kier molecular flexibility index (Phi) is 4.00. The molecule has 1 aliphatic rings. The van der Waals surface area contributed by atoms with Crippen molar-refractivity contribution in [3.8, 4) is 0 Å². The molecule has 1 aliphatic carbocycles. The van der Waals surface area contributed by atoms with Gasteiger partial charge in [0.05, 0.1) is 13.0 Å². The van der Waals surface area contributed by atoms with Gasteiger partial charge in [-0.1, -0.05) is 11.1 Å². The van der Waals surface area contributed by atoms with Gasteiger partial charge in [-0.2, -0.15) is 0 Å². The summed E-state index contributed by atoms with van der Waals surface area (Å²) in [5, 5.41) is 0. The maximum Gasteiger partial charge on any atom is 0.309 e. The van der Waals surface area contributed by atoms with Crippen LogP contribution in [0.4, 0.5) is 0 Å². The van der Waals surface area contributed by atoms with Gasteiger partial charge in [0, 0.05) is 0 Å². The average molecular weight is 182 g/mol. The summed E-state index contributed by atoms with van der Waals surface area (Å²) in [6.45, 7) is 4.47. The lowest BCUT2D eigenvalue weighted by Crippen LogP contribution is -2.08. The maximum absolute atomic E-state index is 11.2. The highest BCUT2D eigenvalue weighted by molar-refractivity contribution is 5.72. The number of hydrogen-bond acceptors (Lipinski definition) is 2. The lowest BCUT2D eigenvalue weighted by atomic mass is 9.91. The highest BCUT2D eigenvalue weighted by atomic mass is 16.5. The molecule has 0 aliphatic heterocycles. The molecule has 0 spiro atoms. The molecule has 0 N–H and O–H groups in total. The van der Waals surface area contributed by atoms with Crippen molar-refractivity contribution in [1.29, 1.82) is 0 Å². The van der Waals surface area contributed by atoms with Gasteiger partial charge in [0.15, 0.2) is 0 Å². The quantitative estimate of drug-likeness (QED) is 0.495. The van der Waals surface area contributed by atoms with E-state index in [9.17, 15) is 4.79 Å². The number of ether oxygens (including phenoxy) is 1. The third kappa shape index (κ3) is 3.21. The molecule has 0 amide bonds. The van der Waals surface area contributed by atoms with Crippen LogP contribution in [-0.2, 0) is 9.53 Å². The summed E-state index contributed by atoms with van der Waals surface area (Å²) < 4.78 is 4.92. The zero-order valence-corrected chi connectivity index (χ0v) is 8.56. The summed E-state index contributed by atoms with van der Waals surface area (Å²) in [6.07, 6.45) is 5.27. The fraction of sp³-hybridized carbons (Fsp3) is 0.727. The summed E-state index contributed by atoms with van der Waals surface area (Å²) >= 11 is 0. The minimum Gasteiger partial charge on any atom is -0.466 e. The Morgan fingerprint density at radius 1 is 1.38 bits per heavy atom. The highest BCUT2D eigenvalue weighted by Crippen LogP contribution is 2.26. The molecule has 0 fully saturated rings. The van der Waals surface area contributed by atoms with Crippen molar-refractivity contribution in [2.75, 3.05) is 6.61 Å². The molecule has 74 valence electrons. The van der Waals surface area contributed by atoms with E-state index in [0.717, 1.165) is 12.8 Å². The number of hydrogen-bond donors (Lipinski definition) is 0. The van der Waals surface area contributed by atoms with Crippen LogP contribution < -0.4 is 0 Å². The van der Waals surface area contributed by atoms with E-state index in [2.05, 4.69) is 6.92 Å². The first kappa shape index (κ1) is 10.3. The van der Waals surface area contributed by atoms with Crippen molar-refractivity contribution < 1.29 is 9.53 Å². The van der Waals surface area contributed by atoms with Crippen LogP contribution in [0.2, 0.25) is 0 Å².